The molecule has 2 atom stereocenters. The maximum atomic E-state index is 13.6. The van der Waals surface area contributed by atoms with Crippen molar-refractivity contribution in [2.24, 2.45) is 5.73 Å². The van der Waals surface area contributed by atoms with Gasteiger partial charge in [-0.3, -0.25) is 4.31 Å². The largest absolute Gasteiger partial charge is 0.327 e. The van der Waals surface area contributed by atoms with Gasteiger partial charge in [0.25, 0.3) is 0 Å². The van der Waals surface area contributed by atoms with E-state index in [-0.39, 0.29) is 17.8 Å². The number of rotatable bonds is 9. The summed E-state index contributed by atoms with van der Waals surface area (Å²) in [6.45, 7) is 3.33. The topological polar surface area (TPSA) is 29.3 Å². The van der Waals surface area contributed by atoms with Crippen LogP contribution >= 0.6 is 11.9 Å². The Kier molecular flexibility index (Phi) is 7.95. The average molecular weight is 401 g/mol. The summed E-state index contributed by atoms with van der Waals surface area (Å²) < 4.78 is 16.0. The lowest BCUT2D eigenvalue weighted by Gasteiger charge is -2.32. The van der Waals surface area contributed by atoms with Crippen molar-refractivity contribution in [1.82, 2.24) is 4.31 Å². The van der Waals surface area contributed by atoms with Crippen LogP contribution in [0.1, 0.15) is 54.4 Å². The fraction of sp³-hybridized carbons (Fsp3) is 0.500. The first kappa shape index (κ1) is 21.4. The highest BCUT2D eigenvalue weighted by Crippen LogP contribution is 2.34. The van der Waals surface area contributed by atoms with Gasteiger partial charge in [-0.1, -0.05) is 49.2 Å². The third-order valence-corrected chi connectivity index (χ3v) is 6.89. The van der Waals surface area contributed by atoms with Gasteiger partial charge in [0.1, 0.15) is 5.82 Å². The first-order valence-electron chi connectivity index (χ1n) is 10.5. The van der Waals surface area contributed by atoms with Gasteiger partial charge in [0.15, 0.2) is 0 Å². The van der Waals surface area contributed by atoms with Crippen molar-refractivity contribution in [3.8, 4) is 0 Å². The Hall–Kier alpha value is -1.36. The lowest BCUT2D eigenvalue weighted by molar-refractivity contribution is 0.466. The second kappa shape index (κ2) is 10.4. The standard InChI is InChI=1S/C24H33FN2S/c1-3-14-28-27(2)13-5-7-18-9-10-20-11-12-24(26)23(22(20)16-18)17-19-6-4-8-21(25)15-19/h4,6,8-10,15-16,23-24H,3,5,7,11-14,17,26H2,1-2H3. The fourth-order valence-electron chi connectivity index (χ4n) is 4.12. The molecular weight excluding hydrogens is 367 g/mol. The molecule has 2 unspecified atom stereocenters. The maximum absolute atomic E-state index is 13.6. The molecule has 0 saturated carbocycles. The SMILES string of the molecule is CCCSN(C)CCCc1ccc2c(c1)C(Cc1cccc(F)c1)C(N)CC2. The smallest absolute Gasteiger partial charge is 0.123 e. The van der Waals surface area contributed by atoms with Crippen LogP contribution in [0.4, 0.5) is 4.39 Å². The van der Waals surface area contributed by atoms with E-state index >= 15 is 0 Å². The molecule has 0 radical (unpaired) electrons. The quantitative estimate of drug-likeness (QED) is 0.576. The van der Waals surface area contributed by atoms with Crippen molar-refractivity contribution < 1.29 is 4.39 Å². The highest BCUT2D eigenvalue weighted by molar-refractivity contribution is 7.96. The van der Waals surface area contributed by atoms with Crippen LogP contribution in [0.3, 0.4) is 0 Å². The van der Waals surface area contributed by atoms with Gasteiger partial charge in [-0.2, -0.15) is 0 Å². The minimum Gasteiger partial charge on any atom is -0.327 e. The van der Waals surface area contributed by atoms with E-state index in [0.29, 0.717) is 0 Å². The van der Waals surface area contributed by atoms with Gasteiger partial charge >= 0.3 is 0 Å². The molecule has 152 valence electrons. The van der Waals surface area contributed by atoms with Gasteiger partial charge in [-0.25, -0.2) is 4.39 Å². The number of benzene rings is 2. The lowest BCUT2D eigenvalue weighted by atomic mass is 9.76. The van der Waals surface area contributed by atoms with Crippen molar-refractivity contribution in [3.63, 3.8) is 0 Å². The summed E-state index contributed by atoms with van der Waals surface area (Å²) in [6, 6.07) is 14.1. The number of halogens is 1. The van der Waals surface area contributed by atoms with Crippen molar-refractivity contribution in [2.75, 3.05) is 19.3 Å². The molecule has 1 aliphatic rings. The highest BCUT2D eigenvalue weighted by atomic mass is 32.2. The van der Waals surface area contributed by atoms with Crippen LogP contribution in [0, 0.1) is 5.82 Å². The molecule has 2 N–H and O–H groups in total. The van der Waals surface area contributed by atoms with Crippen LogP contribution < -0.4 is 5.73 Å². The maximum Gasteiger partial charge on any atom is 0.123 e. The first-order chi connectivity index (χ1) is 13.6. The van der Waals surface area contributed by atoms with Crippen LogP contribution in [0.5, 0.6) is 0 Å². The molecule has 1 aliphatic carbocycles. The Bertz CT molecular complexity index is 764. The normalized spacial score (nSPS) is 19.0. The van der Waals surface area contributed by atoms with Gasteiger partial charge in [-0.15, -0.1) is 0 Å². The number of nitrogens with zero attached hydrogens (tertiary/aromatic N) is 1. The van der Waals surface area contributed by atoms with Gasteiger partial charge in [0.2, 0.25) is 0 Å². The fourth-order valence-corrected chi connectivity index (χ4v) is 4.88. The van der Waals surface area contributed by atoms with Crippen LogP contribution in [0.15, 0.2) is 42.5 Å². The van der Waals surface area contributed by atoms with Gasteiger partial charge in [0, 0.05) is 24.3 Å². The van der Waals surface area contributed by atoms with Gasteiger partial charge in [-0.05, 0) is 80.0 Å². The van der Waals surface area contributed by atoms with Crippen LogP contribution in [-0.2, 0) is 19.3 Å². The lowest BCUT2D eigenvalue weighted by Crippen LogP contribution is -2.34. The van der Waals surface area contributed by atoms with Crippen molar-refractivity contribution >= 4 is 11.9 Å². The molecule has 0 saturated heterocycles. The van der Waals surface area contributed by atoms with E-state index in [1.807, 2.05) is 18.0 Å². The van der Waals surface area contributed by atoms with Crippen molar-refractivity contribution in [2.45, 2.75) is 57.4 Å². The number of fused-ring (bicyclic) bond motifs is 1. The van der Waals surface area contributed by atoms with Crippen LogP contribution in [-0.4, -0.2) is 29.7 Å². The van der Waals surface area contributed by atoms with Crippen molar-refractivity contribution in [3.05, 3.63) is 70.5 Å². The monoisotopic (exact) mass is 400 g/mol. The molecule has 0 fully saturated rings. The van der Waals surface area contributed by atoms with Crippen molar-refractivity contribution in [1.29, 1.82) is 0 Å². The molecule has 0 bridgehead atoms. The second-order valence-electron chi connectivity index (χ2n) is 7.96. The Morgan fingerprint density at radius 1 is 1.18 bits per heavy atom. The van der Waals surface area contributed by atoms with E-state index in [9.17, 15) is 4.39 Å². The molecule has 2 aromatic carbocycles. The summed E-state index contributed by atoms with van der Waals surface area (Å²) in [7, 11) is 2.18. The predicted molar refractivity (Wildman–Crippen MR) is 119 cm³/mol. The molecule has 0 aromatic heterocycles. The molecule has 2 aromatic rings. The van der Waals surface area contributed by atoms with Gasteiger partial charge < -0.3 is 5.73 Å². The van der Waals surface area contributed by atoms with E-state index in [1.165, 1.54) is 34.9 Å². The number of hydrogen-bond donors (Lipinski definition) is 1. The van der Waals surface area contributed by atoms with E-state index in [1.54, 1.807) is 12.1 Å². The minimum absolute atomic E-state index is 0.141. The summed E-state index contributed by atoms with van der Waals surface area (Å²) in [5, 5.41) is 0. The molecule has 0 heterocycles. The first-order valence-corrected chi connectivity index (χ1v) is 11.5. The Morgan fingerprint density at radius 2 is 2.04 bits per heavy atom. The summed E-state index contributed by atoms with van der Waals surface area (Å²) in [6.07, 6.45) is 6.33. The Morgan fingerprint density at radius 3 is 2.82 bits per heavy atom. The zero-order valence-corrected chi connectivity index (χ0v) is 18.0. The summed E-state index contributed by atoms with van der Waals surface area (Å²) in [5.74, 6) is 1.30. The molecule has 0 aliphatic heterocycles. The molecule has 0 spiro atoms. The summed E-state index contributed by atoms with van der Waals surface area (Å²) in [5.41, 5.74) is 11.7. The predicted octanol–water partition coefficient (Wildman–Crippen LogP) is 5.35. The van der Waals surface area contributed by atoms with E-state index in [0.717, 1.165) is 44.2 Å². The molecule has 4 heteroatoms. The van der Waals surface area contributed by atoms with Crippen LogP contribution in [0.25, 0.3) is 0 Å². The zero-order chi connectivity index (χ0) is 19.9. The molecule has 3 rings (SSSR count). The zero-order valence-electron chi connectivity index (χ0n) is 17.2. The summed E-state index contributed by atoms with van der Waals surface area (Å²) >= 11 is 1.92. The number of hydrogen-bond acceptors (Lipinski definition) is 3. The van der Waals surface area contributed by atoms with E-state index < -0.39 is 0 Å². The summed E-state index contributed by atoms with van der Waals surface area (Å²) in [4.78, 5) is 0. The van der Waals surface area contributed by atoms with Crippen LogP contribution in [0.2, 0.25) is 0 Å². The third kappa shape index (κ3) is 5.82. The second-order valence-corrected chi connectivity index (χ2v) is 9.25. The molecular formula is C24H33FN2S. The third-order valence-electron chi connectivity index (χ3n) is 5.67. The molecule has 28 heavy (non-hydrogen) atoms. The molecule has 2 nitrogen and oxygen atoms in total. The Labute approximate surface area is 173 Å². The number of aryl methyl sites for hydroxylation is 2. The highest BCUT2D eigenvalue weighted by Gasteiger charge is 2.27. The Balaban J connectivity index is 1.68. The van der Waals surface area contributed by atoms with E-state index in [4.69, 9.17) is 5.73 Å². The van der Waals surface area contributed by atoms with Gasteiger partial charge in [0.05, 0.1) is 0 Å². The molecule has 0 amide bonds. The average Bonchev–Trinajstić information content (AvgIpc) is 2.69. The minimum atomic E-state index is -0.166. The number of nitrogens with two attached hydrogens (primary N) is 1. The van der Waals surface area contributed by atoms with E-state index in [2.05, 4.69) is 36.5 Å².